The van der Waals surface area contributed by atoms with Crippen molar-refractivity contribution < 1.29 is 4.79 Å². The highest BCUT2D eigenvalue weighted by Gasteiger charge is 2.23. The summed E-state index contributed by atoms with van der Waals surface area (Å²) in [6.45, 7) is 3.18. The molecule has 0 saturated carbocycles. The van der Waals surface area contributed by atoms with E-state index in [9.17, 15) is 4.79 Å². The summed E-state index contributed by atoms with van der Waals surface area (Å²) in [5.74, 6) is 0. The quantitative estimate of drug-likeness (QED) is 0.842. The van der Waals surface area contributed by atoms with Crippen LogP contribution in [0.3, 0.4) is 0 Å². The van der Waals surface area contributed by atoms with Crippen LogP contribution >= 0.6 is 0 Å². The van der Waals surface area contributed by atoms with E-state index in [2.05, 4.69) is 33.7 Å². The SMILES string of the molecule is N#Cc1ccc(CNC(=O)NCC(c2ccccc2)N2CCCC2)cc1. The van der Waals surface area contributed by atoms with Gasteiger partial charge in [-0.15, -0.1) is 0 Å². The molecule has 5 nitrogen and oxygen atoms in total. The Labute approximate surface area is 154 Å². The maximum atomic E-state index is 12.2. The molecule has 0 bridgehead atoms. The fourth-order valence-electron chi connectivity index (χ4n) is 3.32. The number of rotatable bonds is 6. The lowest BCUT2D eigenvalue weighted by Crippen LogP contribution is -2.41. The molecule has 2 aromatic carbocycles. The zero-order valence-electron chi connectivity index (χ0n) is 14.8. The van der Waals surface area contributed by atoms with E-state index >= 15 is 0 Å². The number of hydrogen-bond donors (Lipinski definition) is 2. The van der Waals surface area contributed by atoms with Gasteiger partial charge in [0, 0.05) is 13.1 Å². The summed E-state index contributed by atoms with van der Waals surface area (Å²) in [6, 6.07) is 19.7. The van der Waals surface area contributed by atoms with Gasteiger partial charge in [0.15, 0.2) is 0 Å². The van der Waals surface area contributed by atoms with Gasteiger partial charge in [-0.2, -0.15) is 5.26 Å². The monoisotopic (exact) mass is 348 g/mol. The zero-order valence-corrected chi connectivity index (χ0v) is 14.8. The molecule has 0 spiro atoms. The van der Waals surface area contributed by atoms with E-state index in [1.165, 1.54) is 18.4 Å². The van der Waals surface area contributed by atoms with Gasteiger partial charge in [-0.1, -0.05) is 42.5 Å². The summed E-state index contributed by atoms with van der Waals surface area (Å²) in [7, 11) is 0. The second-order valence-electron chi connectivity index (χ2n) is 6.54. The Balaban J connectivity index is 1.53. The smallest absolute Gasteiger partial charge is 0.315 e. The third-order valence-electron chi connectivity index (χ3n) is 4.76. The van der Waals surface area contributed by atoms with Crippen molar-refractivity contribution in [3.8, 4) is 6.07 Å². The molecule has 1 saturated heterocycles. The first-order valence-electron chi connectivity index (χ1n) is 9.06. The fourth-order valence-corrected chi connectivity index (χ4v) is 3.32. The molecule has 0 aliphatic carbocycles. The lowest BCUT2D eigenvalue weighted by Gasteiger charge is -2.28. The molecule has 2 aromatic rings. The number of nitriles is 1. The maximum absolute atomic E-state index is 12.2. The van der Waals surface area contributed by atoms with Gasteiger partial charge in [0.2, 0.25) is 0 Å². The van der Waals surface area contributed by atoms with Gasteiger partial charge in [-0.3, -0.25) is 4.90 Å². The summed E-state index contributed by atoms with van der Waals surface area (Å²) >= 11 is 0. The molecular weight excluding hydrogens is 324 g/mol. The number of amides is 2. The van der Waals surface area contributed by atoms with Gasteiger partial charge < -0.3 is 10.6 Å². The number of nitrogens with one attached hydrogen (secondary N) is 2. The number of likely N-dealkylation sites (tertiary alicyclic amines) is 1. The lowest BCUT2D eigenvalue weighted by molar-refractivity contribution is 0.220. The van der Waals surface area contributed by atoms with Crippen LogP contribution in [0.5, 0.6) is 0 Å². The number of nitrogens with zero attached hydrogens (tertiary/aromatic N) is 2. The molecule has 26 heavy (non-hydrogen) atoms. The first kappa shape index (κ1) is 18.0. The predicted molar refractivity (Wildman–Crippen MR) is 101 cm³/mol. The number of urea groups is 1. The van der Waals surface area contributed by atoms with Gasteiger partial charge in [0.1, 0.15) is 0 Å². The average Bonchev–Trinajstić information content (AvgIpc) is 3.22. The summed E-state index contributed by atoms with van der Waals surface area (Å²) in [6.07, 6.45) is 2.43. The van der Waals surface area contributed by atoms with E-state index in [-0.39, 0.29) is 12.1 Å². The second kappa shape index (κ2) is 9.02. The normalized spacial score (nSPS) is 15.2. The molecule has 3 rings (SSSR count). The molecule has 1 unspecified atom stereocenters. The van der Waals surface area contributed by atoms with Gasteiger partial charge in [-0.05, 0) is 49.2 Å². The Morgan fingerprint density at radius 2 is 1.73 bits per heavy atom. The van der Waals surface area contributed by atoms with Crippen LogP contribution < -0.4 is 10.6 Å². The van der Waals surface area contributed by atoms with Gasteiger partial charge >= 0.3 is 6.03 Å². The van der Waals surface area contributed by atoms with Crippen molar-refractivity contribution in [3.63, 3.8) is 0 Å². The molecule has 1 atom stereocenters. The minimum atomic E-state index is -0.172. The first-order chi connectivity index (χ1) is 12.8. The predicted octanol–water partition coefficient (Wildman–Crippen LogP) is 3.19. The highest BCUT2D eigenvalue weighted by Crippen LogP contribution is 2.24. The molecule has 1 aliphatic rings. The Morgan fingerprint density at radius 3 is 2.38 bits per heavy atom. The van der Waals surface area contributed by atoms with Crippen molar-refractivity contribution in [2.45, 2.75) is 25.4 Å². The summed E-state index contributed by atoms with van der Waals surface area (Å²) in [5, 5.41) is 14.7. The van der Waals surface area contributed by atoms with Crippen LogP contribution in [-0.4, -0.2) is 30.6 Å². The van der Waals surface area contributed by atoms with Crippen LogP contribution in [0.15, 0.2) is 54.6 Å². The molecule has 1 aliphatic heterocycles. The Bertz CT molecular complexity index is 746. The van der Waals surface area contributed by atoms with Gasteiger partial charge in [0.25, 0.3) is 0 Å². The molecular formula is C21H24N4O. The summed E-state index contributed by atoms with van der Waals surface area (Å²) in [4.78, 5) is 14.6. The molecule has 0 aromatic heterocycles. The Hall–Kier alpha value is -2.84. The van der Waals surface area contributed by atoms with Crippen LogP contribution in [0.4, 0.5) is 4.79 Å². The number of carbonyl (C=O) groups is 1. The third kappa shape index (κ3) is 4.84. The zero-order chi connectivity index (χ0) is 18.2. The molecule has 0 radical (unpaired) electrons. The average molecular weight is 348 g/mol. The van der Waals surface area contributed by atoms with Crippen LogP contribution in [0.2, 0.25) is 0 Å². The van der Waals surface area contributed by atoms with Crippen molar-refractivity contribution in [2.75, 3.05) is 19.6 Å². The van der Waals surface area contributed by atoms with Crippen molar-refractivity contribution >= 4 is 6.03 Å². The Morgan fingerprint density at radius 1 is 1.04 bits per heavy atom. The first-order valence-corrected chi connectivity index (χ1v) is 9.06. The van der Waals surface area contributed by atoms with Crippen LogP contribution in [0, 0.1) is 11.3 Å². The van der Waals surface area contributed by atoms with E-state index in [0.717, 1.165) is 18.7 Å². The van der Waals surface area contributed by atoms with Gasteiger partial charge in [-0.25, -0.2) is 4.79 Å². The summed E-state index contributed by atoms with van der Waals surface area (Å²) in [5.41, 5.74) is 2.83. The molecule has 1 fully saturated rings. The largest absolute Gasteiger partial charge is 0.336 e. The molecule has 5 heteroatoms. The standard InChI is InChI=1S/C21H24N4O/c22-14-17-8-10-18(11-9-17)15-23-21(26)24-16-20(25-12-4-5-13-25)19-6-2-1-3-7-19/h1-3,6-11,20H,4-5,12-13,15-16H2,(H2,23,24,26). The Kier molecular flexibility index (Phi) is 6.24. The van der Waals surface area contributed by atoms with Crippen molar-refractivity contribution in [1.82, 2.24) is 15.5 Å². The number of carbonyl (C=O) groups excluding carboxylic acids is 1. The van der Waals surface area contributed by atoms with Crippen LogP contribution in [-0.2, 0) is 6.54 Å². The molecule has 134 valence electrons. The second-order valence-corrected chi connectivity index (χ2v) is 6.54. The molecule has 2 amide bonds. The van der Waals surface area contributed by atoms with Crippen molar-refractivity contribution in [1.29, 1.82) is 5.26 Å². The summed E-state index contributed by atoms with van der Waals surface area (Å²) < 4.78 is 0. The van der Waals surface area contributed by atoms with Crippen molar-refractivity contribution in [2.24, 2.45) is 0 Å². The van der Waals surface area contributed by atoms with Gasteiger partial charge in [0.05, 0.1) is 17.7 Å². The number of benzene rings is 2. The van der Waals surface area contributed by atoms with E-state index in [4.69, 9.17) is 5.26 Å². The minimum Gasteiger partial charge on any atom is -0.336 e. The minimum absolute atomic E-state index is 0.172. The van der Waals surface area contributed by atoms with Crippen LogP contribution in [0.1, 0.15) is 35.6 Å². The lowest BCUT2D eigenvalue weighted by atomic mass is 10.1. The molecule has 1 heterocycles. The highest BCUT2D eigenvalue weighted by molar-refractivity contribution is 5.73. The topological polar surface area (TPSA) is 68.2 Å². The molecule has 2 N–H and O–H groups in total. The fraction of sp³-hybridized carbons (Fsp3) is 0.333. The van der Waals surface area contributed by atoms with E-state index < -0.39 is 0 Å². The van der Waals surface area contributed by atoms with E-state index in [0.29, 0.717) is 18.7 Å². The van der Waals surface area contributed by atoms with E-state index in [1.807, 2.05) is 30.3 Å². The maximum Gasteiger partial charge on any atom is 0.315 e. The van der Waals surface area contributed by atoms with E-state index in [1.54, 1.807) is 12.1 Å². The third-order valence-corrected chi connectivity index (χ3v) is 4.76. The highest BCUT2D eigenvalue weighted by atomic mass is 16.2. The van der Waals surface area contributed by atoms with Crippen molar-refractivity contribution in [3.05, 3.63) is 71.3 Å². The van der Waals surface area contributed by atoms with Crippen LogP contribution in [0.25, 0.3) is 0 Å². The number of hydrogen-bond acceptors (Lipinski definition) is 3.